The second-order valence-electron chi connectivity index (χ2n) is 9.28. The summed E-state index contributed by atoms with van der Waals surface area (Å²) in [6.45, 7) is 14.4. The fourth-order valence-corrected chi connectivity index (χ4v) is 5.46. The van der Waals surface area contributed by atoms with E-state index in [1.807, 2.05) is 0 Å². The number of fused-ring (bicyclic) bond motifs is 1. The zero-order chi connectivity index (χ0) is 18.9. The van der Waals surface area contributed by atoms with Crippen LogP contribution in [0, 0.1) is 0 Å². The summed E-state index contributed by atoms with van der Waals surface area (Å²) in [4.78, 5) is 0. The van der Waals surface area contributed by atoms with E-state index in [2.05, 4.69) is 112 Å². The molecule has 0 spiro atoms. The third-order valence-corrected chi connectivity index (χ3v) is 9.08. The molecule has 134 valence electrons. The molecule has 3 aromatic carbocycles. The average Bonchev–Trinajstić information content (AvgIpc) is 2.58. The van der Waals surface area contributed by atoms with Gasteiger partial charge >= 0.3 is 0 Å². The maximum Gasteiger partial charge on any atom is 0.0776 e. The standard InChI is InChI=1S/C24H30Si2/c1-25(2,3)23-14-10-19(11-15-23)7-8-20-9-12-22-18-24(26(4,5)6)16-13-21(22)17-20/h7-18H,1-6H3/b8-7+. The van der Waals surface area contributed by atoms with Gasteiger partial charge in [-0.25, -0.2) is 0 Å². The van der Waals surface area contributed by atoms with Gasteiger partial charge in [0.1, 0.15) is 0 Å². The van der Waals surface area contributed by atoms with E-state index in [4.69, 9.17) is 0 Å². The van der Waals surface area contributed by atoms with E-state index in [0.29, 0.717) is 0 Å². The number of benzene rings is 3. The molecule has 0 saturated heterocycles. The molecule has 0 amide bonds. The van der Waals surface area contributed by atoms with Crippen LogP contribution in [0.25, 0.3) is 22.9 Å². The fraction of sp³-hybridized carbons (Fsp3) is 0.250. The molecule has 26 heavy (non-hydrogen) atoms. The number of hydrogen-bond acceptors (Lipinski definition) is 0. The molecule has 0 heterocycles. The van der Waals surface area contributed by atoms with Gasteiger partial charge in [0.15, 0.2) is 0 Å². The summed E-state index contributed by atoms with van der Waals surface area (Å²) in [5, 5.41) is 5.71. The highest BCUT2D eigenvalue weighted by molar-refractivity contribution is 6.89. The molecule has 0 radical (unpaired) electrons. The van der Waals surface area contributed by atoms with E-state index in [0.717, 1.165) is 0 Å². The van der Waals surface area contributed by atoms with Crippen LogP contribution in [0.5, 0.6) is 0 Å². The predicted molar refractivity (Wildman–Crippen MR) is 125 cm³/mol. The van der Waals surface area contributed by atoms with E-state index in [1.54, 1.807) is 0 Å². The SMILES string of the molecule is C[Si](C)(C)c1ccc(/C=C/c2ccc3cc([Si](C)(C)C)ccc3c2)cc1. The van der Waals surface area contributed by atoms with Gasteiger partial charge in [0.2, 0.25) is 0 Å². The first-order valence-electron chi connectivity index (χ1n) is 9.46. The Labute approximate surface area is 160 Å². The van der Waals surface area contributed by atoms with Crippen molar-refractivity contribution in [1.29, 1.82) is 0 Å². The minimum absolute atomic E-state index is 1.21. The van der Waals surface area contributed by atoms with Gasteiger partial charge in [-0.3, -0.25) is 0 Å². The fourth-order valence-electron chi connectivity index (χ4n) is 3.12. The van der Waals surface area contributed by atoms with Crippen molar-refractivity contribution in [2.24, 2.45) is 0 Å². The molecule has 0 N–H and O–H groups in total. The van der Waals surface area contributed by atoms with Crippen molar-refractivity contribution >= 4 is 49.4 Å². The van der Waals surface area contributed by atoms with Crippen LogP contribution in [0.4, 0.5) is 0 Å². The van der Waals surface area contributed by atoms with Gasteiger partial charge in [-0.15, -0.1) is 0 Å². The summed E-state index contributed by atoms with van der Waals surface area (Å²) < 4.78 is 0. The van der Waals surface area contributed by atoms with Crippen molar-refractivity contribution in [3.8, 4) is 0 Å². The first kappa shape index (κ1) is 18.9. The van der Waals surface area contributed by atoms with Gasteiger partial charge in [0.05, 0.1) is 16.1 Å². The van der Waals surface area contributed by atoms with Crippen LogP contribution >= 0.6 is 0 Å². The van der Waals surface area contributed by atoms with Crippen LogP contribution in [-0.4, -0.2) is 16.1 Å². The molecule has 3 rings (SSSR count). The highest BCUT2D eigenvalue weighted by Crippen LogP contribution is 2.18. The predicted octanol–water partition coefficient (Wildman–Crippen LogP) is 6.10. The van der Waals surface area contributed by atoms with Crippen LogP contribution in [-0.2, 0) is 0 Å². The summed E-state index contributed by atoms with van der Waals surface area (Å²) in [7, 11) is -2.47. The summed E-state index contributed by atoms with van der Waals surface area (Å²) in [5.41, 5.74) is 2.52. The van der Waals surface area contributed by atoms with E-state index in [1.165, 1.54) is 32.3 Å². The molecule has 0 aromatic heterocycles. The van der Waals surface area contributed by atoms with E-state index >= 15 is 0 Å². The smallest absolute Gasteiger partial charge is 0.0656 e. The van der Waals surface area contributed by atoms with Crippen molar-refractivity contribution in [3.63, 3.8) is 0 Å². The molecular formula is C24H30Si2. The van der Waals surface area contributed by atoms with Crippen LogP contribution in [0.1, 0.15) is 11.1 Å². The Morgan fingerprint density at radius 3 is 1.58 bits per heavy atom. The van der Waals surface area contributed by atoms with E-state index in [9.17, 15) is 0 Å². The minimum atomic E-state index is -1.25. The molecule has 0 aliphatic rings. The molecule has 0 unspecified atom stereocenters. The molecular weight excluding hydrogens is 344 g/mol. The molecule has 0 saturated carbocycles. The monoisotopic (exact) mass is 374 g/mol. The Bertz CT molecular complexity index is 937. The molecule has 0 nitrogen and oxygen atoms in total. The molecule has 2 heteroatoms. The van der Waals surface area contributed by atoms with Crippen molar-refractivity contribution < 1.29 is 0 Å². The number of hydrogen-bond donors (Lipinski definition) is 0. The first-order chi connectivity index (χ1) is 12.1. The summed E-state index contributed by atoms with van der Waals surface area (Å²) in [6.07, 6.45) is 4.43. The lowest BCUT2D eigenvalue weighted by molar-refractivity contribution is 1.65. The van der Waals surface area contributed by atoms with E-state index in [-0.39, 0.29) is 0 Å². The van der Waals surface area contributed by atoms with Crippen molar-refractivity contribution in [2.75, 3.05) is 0 Å². The Kier molecular flexibility index (Phi) is 5.09. The lowest BCUT2D eigenvalue weighted by Gasteiger charge is -2.17. The van der Waals surface area contributed by atoms with Crippen LogP contribution < -0.4 is 10.4 Å². The van der Waals surface area contributed by atoms with Crippen molar-refractivity contribution in [1.82, 2.24) is 0 Å². The van der Waals surface area contributed by atoms with Gasteiger partial charge in [0.25, 0.3) is 0 Å². The molecule has 0 atom stereocenters. The minimum Gasteiger partial charge on any atom is -0.0656 e. The molecule has 0 aliphatic heterocycles. The maximum absolute atomic E-state index is 2.40. The third kappa shape index (κ3) is 4.43. The topological polar surface area (TPSA) is 0 Å². The second kappa shape index (κ2) is 7.01. The highest BCUT2D eigenvalue weighted by Gasteiger charge is 2.16. The Hall–Kier alpha value is -1.91. The van der Waals surface area contributed by atoms with Crippen LogP contribution in [0.2, 0.25) is 39.3 Å². The normalized spacial score (nSPS) is 12.8. The number of rotatable bonds is 4. The van der Waals surface area contributed by atoms with Gasteiger partial charge in [0, 0.05) is 0 Å². The summed E-state index contributed by atoms with van der Waals surface area (Å²) >= 11 is 0. The van der Waals surface area contributed by atoms with Crippen molar-refractivity contribution in [3.05, 3.63) is 71.8 Å². The lowest BCUT2D eigenvalue weighted by Crippen LogP contribution is -2.37. The van der Waals surface area contributed by atoms with Gasteiger partial charge < -0.3 is 0 Å². The summed E-state index contributed by atoms with van der Waals surface area (Å²) in [6, 6.07) is 22.8. The van der Waals surface area contributed by atoms with Crippen LogP contribution in [0.15, 0.2) is 60.7 Å². The largest absolute Gasteiger partial charge is 0.0776 e. The maximum atomic E-state index is 2.40. The van der Waals surface area contributed by atoms with E-state index < -0.39 is 16.1 Å². The molecule has 0 bridgehead atoms. The molecule has 0 fully saturated rings. The molecule has 0 aliphatic carbocycles. The van der Waals surface area contributed by atoms with Crippen LogP contribution in [0.3, 0.4) is 0 Å². The Balaban J connectivity index is 1.83. The summed E-state index contributed by atoms with van der Waals surface area (Å²) in [5.74, 6) is 0. The third-order valence-electron chi connectivity index (χ3n) is 4.98. The zero-order valence-electron chi connectivity index (χ0n) is 16.9. The van der Waals surface area contributed by atoms with Gasteiger partial charge in [-0.05, 0) is 28.0 Å². The van der Waals surface area contributed by atoms with Gasteiger partial charge in [-0.2, -0.15) is 0 Å². The Morgan fingerprint density at radius 2 is 0.962 bits per heavy atom. The lowest BCUT2D eigenvalue weighted by atomic mass is 10.1. The quantitative estimate of drug-likeness (QED) is 0.382. The molecule has 3 aromatic rings. The zero-order valence-corrected chi connectivity index (χ0v) is 18.9. The second-order valence-corrected chi connectivity index (χ2v) is 19.4. The van der Waals surface area contributed by atoms with Gasteiger partial charge in [-0.1, -0.05) is 116 Å². The average molecular weight is 375 g/mol. The first-order valence-corrected chi connectivity index (χ1v) is 16.5. The highest BCUT2D eigenvalue weighted by atomic mass is 28.3. The Morgan fingerprint density at radius 1 is 0.500 bits per heavy atom. The van der Waals surface area contributed by atoms with Crippen molar-refractivity contribution in [2.45, 2.75) is 39.3 Å².